The Morgan fingerprint density at radius 3 is 3.00 bits per heavy atom. The molecule has 0 saturated carbocycles. The molecular weight excluding hydrogens is 194 g/mol. The SMILES string of the molecule is Cn1c(CCN)ccc1-c1cncs1. The Morgan fingerprint density at radius 2 is 2.36 bits per heavy atom. The van der Waals surface area contributed by atoms with Crippen molar-refractivity contribution in [3.63, 3.8) is 0 Å². The number of hydrogen-bond donors (Lipinski definition) is 1. The lowest BCUT2D eigenvalue weighted by Gasteiger charge is -2.04. The molecule has 0 bridgehead atoms. The first-order chi connectivity index (χ1) is 6.83. The van der Waals surface area contributed by atoms with Gasteiger partial charge in [-0.3, -0.25) is 4.98 Å². The summed E-state index contributed by atoms with van der Waals surface area (Å²) in [6.45, 7) is 0.694. The van der Waals surface area contributed by atoms with E-state index in [2.05, 4.69) is 28.7 Å². The van der Waals surface area contributed by atoms with Crippen LogP contribution in [0, 0.1) is 0 Å². The third kappa shape index (κ3) is 1.58. The van der Waals surface area contributed by atoms with Crippen LogP contribution in [0.1, 0.15) is 5.69 Å². The molecule has 3 nitrogen and oxygen atoms in total. The van der Waals surface area contributed by atoms with Gasteiger partial charge in [0.25, 0.3) is 0 Å². The Morgan fingerprint density at radius 1 is 1.50 bits per heavy atom. The molecule has 2 aromatic rings. The third-order valence-corrected chi connectivity index (χ3v) is 3.11. The van der Waals surface area contributed by atoms with Crippen molar-refractivity contribution < 1.29 is 0 Å². The predicted octanol–water partition coefficient (Wildman–Crippen LogP) is 1.65. The van der Waals surface area contributed by atoms with Gasteiger partial charge in [0, 0.05) is 18.9 Å². The van der Waals surface area contributed by atoms with Gasteiger partial charge in [0.15, 0.2) is 0 Å². The Balaban J connectivity index is 2.36. The first-order valence-corrected chi connectivity index (χ1v) is 5.44. The average Bonchev–Trinajstić information content (AvgIpc) is 2.77. The van der Waals surface area contributed by atoms with Crippen LogP contribution < -0.4 is 5.73 Å². The predicted molar refractivity (Wildman–Crippen MR) is 59.3 cm³/mol. The van der Waals surface area contributed by atoms with E-state index in [4.69, 9.17) is 5.73 Å². The highest BCUT2D eigenvalue weighted by molar-refractivity contribution is 7.13. The molecule has 2 aromatic heterocycles. The van der Waals surface area contributed by atoms with Crippen LogP contribution >= 0.6 is 11.3 Å². The normalized spacial score (nSPS) is 10.7. The van der Waals surface area contributed by atoms with Gasteiger partial charge in [-0.2, -0.15) is 0 Å². The van der Waals surface area contributed by atoms with Gasteiger partial charge < -0.3 is 10.3 Å². The van der Waals surface area contributed by atoms with Gasteiger partial charge in [0.05, 0.1) is 16.1 Å². The average molecular weight is 207 g/mol. The molecule has 74 valence electrons. The largest absolute Gasteiger partial charge is 0.347 e. The fourth-order valence-electron chi connectivity index (χ4n) is 1.54. The van der Waals surface area contributed by atoms with Crippen LogP contribution in [-0.2, 0) is 13.5 Å². The van der Waals surface area contributed by atoms with Gasteiger partial charge >= 0.3 is 0 Å². The first kappa shape index (κ1) is 9.43. The first-order valence-electron chi connectivity index (χ1n) is 4.56. The fourth-order valence-corrected chi connectivity index (χ4v) is 2.22. The Hall–Kier alpha value is -1.13. The summed E-state index contributed by atoms with van der Waals surface area (Å²) in [5.74, 6) is 0. The molecule has 0 aliphatic rings. The van der Waals surface area contributed by atoms with Gasteiger partial charge in [-0.05, 0) is 25.1 Å². The van der Waals surface area contributed by atoms with Crippen LogP contribution in [0.2, 0.25) is 0 Å². The van der Waals surface area contributed by atoms with E-state index in [9.17, 15) is 0 Å². The molecule has 0 fully saturated rings. The quantitative estimate of drug-likeness (QED) is 0.831. The Kier molecular flexibility index (Phi) is 2.65. The van der Waals surface area contributed by atoms with Crippen molar-refractivity contribution in [3.05, 3.63) is 29.5 Å². The van der Waals surface area contributed by atoms with Crippen LogP contribution in [0.5, 0.6) is 0 Å². The molecule has 0 unspecified atom stereocenters. The standard InChI is InChI=1S/C10H13N3S/c1-13-8(4-5-11)2-3-9(13)10-6-12-7-14-10/h2-3,6-7H,4-5,11H2,1H3. The highest BCUT2D eigenvalue weighted by Gasteiger charge is 2.06. The zero-order valence-electron chi connectivity index (χ0n) is 8.10. The van der Waals surface area contributed by atoms with Crippen molar-refractivity contribution in [2.24, 2.45) is 12.8 Å². The van der Waals surface area contributed by atoms with E-state index in [1.165, 1.54) is 16.3 Å². The molecule has 0 aliphatic heterocycles. The van der Waals surface area contributed by atoms with Crippen LogP contribution in [0.4, 0.5) is 0 Å². The lowest BCUT2D eigenvalue weighted by atomic mass is 10.3. The molecule has 0 aromatic carbocycles. The summed E-state index contributed by atoms with van der Waals surface area (Å²) in [5.41, 5.74) is 9.88. The van der Waals surface area contributed by atoms with E-state index in [-0.39, 0.29) is 0 Å². The molecule has 2 rings (SSSR count). The number of hydrogen-bond acceptors (Lipinski definition) is 3. The summed E-state index contributed by atoms with van der Waals surface area (Å²) >= 11 is 1.66. The van der Waals surface area contributed by atoms with E-state index in [1.54, 1.807) is 11.3 Å². The molecule has 14 heavy (non-hydrogen) atoms. The van der Waals surface area contributed by atoms with E-state index in [1.807, 2.05) is 11.7 Å². The maximum atomic E-state index is 5.53. The lowest BCUT2D eigenvalue weighted by Crippen LogP contribution is -2.06. The molecule has 0 radical (unpaired) electrons. The monoisotopic (exact) mass is 207 g/mol. The van der Waals surface area contributed by atoms with Gasteiger partial charge in [0.2, 0.25) is 0 Å². The Labute approximate surface area is 87.2 Å². The molecule has 0 atom stereocenters. The Bertz CT molecular complexity index is 403. The van der Waals surface area contributed by atoms with Crippen molar-refractivity contribution in [3.8, 4) is 10.6 Å². The summed E-state index contributed by atoms with van der Waals surface area (Å²) in [4.78, 5) is 5.28. The maximum absolute atomic E-state index is 5.53. The molecular formula is C10H13N3S. The number of aromatic nitrogens is 2. The number of thiazole rings is 1. The summed E-state index contributed by atoms with van der Waals surface area (Å²) in [7, 11) is 2.07. The summed E-state index contributed by atoms with van der Waals surface area (Å²) in [5, 5.41) is 0. The van der Waals surface area contributed by atoms with E-state index >= 15 is 0 Å². The van der Waals surface area contributed by atoms with Crippen LogP contribution in [0.3, 0.4) is 0 Å². The molecule has 0 spiro atoms. The minimum Gasteiger partial charge on any atom is -0.347 e. The molecule has 2 N–H and O–H groups in total. The summed E-state index contributed by atoms with van der Waals surface area (Å²) < 4.78 is 2.18. The fraction of sp³-hybridized carbons (Fsp3) is 0.300. The molecule has 0 saturated heterocycles. The highest BCUT2D eigenvalue weighted by Crippen LogP contribution is 2.24. The van der Waals surface area contributed by atoms with Crippen molar-refractivity contribution in [1.82, 2.24) is 9.55 Å². The molecule has 4 heteroatoms. The van der Waals surface area contributed by atoms with Gasteiger partial charge in [-0.25, -0.2) is 0 Å². The zero-order chi connectivity index (χ0) is 9.97. The minimum atomic E-state index is 0.694. The second-order valence-electron chi connectivity index (χ2n) is 3.17. The summed E-state index contributed by atoms with van der Waals surface area (Å²) in [6.07, 6.45) is 2.82. The van der Waals surface area contributed by atoms with Gasteiger partial charge in [-0.15, -0.1) is 11.3 Å². The lowest BCUT2D eigenvalue weighted by molar-refractivity contribution is 0.813. The van der Waals surface area contributed by atoms with Crippen molar-refractivity contribution in [1.29, 1.82) is 0 Å². The second kappa shape index (κ2) is 3.94. The number of rotatable bonds is 3. The smallest absolute Gasteiger partial charge is 0.0798 e. The van der Waals surface area contributed by atoms with Crippen molar-refractivity contribution in [2.45, 2.75) is 6.42 Å². The van der Waals surface area contributed by atoms with Crippen molar-refractivity contribution >= 4 is 11.3 Å². The van der Waals surface area contributed by atoms with E-state index in [0.717, 1.165) is 6.42 Å². The second-order valence-corrected chi connectivity index (χ2v) is 4.06. The third-order valence-electron chi connectivity index (χ3n) is 2.31. The number of nitrogens with zero attached hydrogens (tertiary/aromatic N) is 2. The van der Waals surface area contributed by atoms with Crippen LogP contribution in [0.25, 0.3) is 10.6 Å². The molecule has 2 heterocycles. The topological polar surface area (TPSA) is 43.8 Å². The van der Waals surface area contributed by atoms with Crippen LogP contribution in [0.15, 0.2) is 23.8 Å². The molecule has 0 amide bonds. The van der Waals surface area contributed by atoms with Gasteiger partial charge in [0.1, 0.15) is 0 Å². The van der Waals surface area contributed by atoms with E-state index in [0.29, 0.717) is 6.54 Å². The summed E-state index contributed by atoms with van der Waals surface area (Å²) in [6, 6.07) is 4.25. The number of nitrogens with two attached hydrogens (primary N) is 1. The maximum Gasteiger partial charge on any atom is 0.0798 e. The highest BCUT2D eigenvalue weighted by atomic mass is 32.1. The zero-order valence-corrected chi connectivity index (χ0v) is 8.92. The minimum absolute atomic E-state index is 0.694. The molecule has 0 aliphatic carbocycles. The van der Waals surface area contributed by atoms with Crippen molar-refractivity contribution in [2.75, 3.05) is 6.54 Å². The van der Waals surface area contributed by atoms with E-state index < -0.39 is 0 Å². The van der Waals surface area contributed by atoms with Crippen LogP contribution in [-0.4, -0.2) is 16.1 Å². The van der Waals surface area contributed by atoms with Gasteiger partial charge in [-0.1, -0.05) is 0 Å².